The summed E-state index contributed by atoms with van der Waals surface area (Å²) in [6, 6.07) is 3.74. The lowest BCUT2D eigenvalue weighted by molar-refractivity contribution is -0.139. The van der Waals surface area contributed by atoms with Crippen molar-refractivity contribution in [3.8, 4) is 0 Å². The second kappa shape index (κ2) is 7.00. The molecule has 0 aliphatic heterocycles. The van der Waals surface area contributed by atoms with Gasteiger partial charge in [0.2, 0.25) is 0 Å². The lowest BCUT2D eigenvalue weighted by Gasteiger charge is -2.14. The second-order valence-corrected chi connectivity index (χ2v) is 5.19. The Labute approximate surface area is 124 Å². The summed E-state index contributed by atoms with van der Waals surface area (Å²) < 4.78 is 5.77. The third kappa shape index (κ3) is 4.14. The Hall–Kier alpha value is -2.19. The predicted octanol–water partition coefficient (Wildman–Crippen LogP) is 1.91. The van der Waals surface area contributed by atoms with Crippen LogP contribution in [0.5, 0.6) is 0 Å². The Bertz CT molecular complexity index is 643. The van der Waals surface area contributed by atoms with Crippen LogP contribution in [-0.4, -0.2) is 41.8 Å². The topological polar surface area (TPSA) is 101 Å². The normalized spacial score (nSPS) is 12.0. The number of anilines is 1. The first kappa shape index (κ1) is 15.2. The molecule has 1 aromatic carbocycles. The molecule has 0 fully saturated rings. The fourth-order valence-corrected chi connectivity index (χ4v) is 2.47. The Morgan fingerprint density at radius 2 is 2.29 bits per heavy atom. The van der Waals surface area contributed by atoms with Gasteiger partial charge in [-0.1, -0.05) is 0 Å². The Morgan fingerprint density at radius 3 is 3.00 bits per heavy atom. The molecule has 21 heavy (non-hydrogen) atoms. The average Bonchev–Trinajstić information content (AvgIpc) is 2.90. The number of hydrogen-bond acceptors (Lipinski definition) is 5. The number of carboxylic acids is 1. The van der Waals surface area contributed by atoms with Crippen molar-refractivity contribution < 1.29 is 19.4 Å². The van der Waals surface area contributed by atoms with E-state index in [4.69, 9.17) is 9.84 Å². The molecule has 1 heterocycles. The largest absolute Gasteiger partial charge is 0.480 e. The number of fused-ring (bicyclic) bond motifs is 1. The van der Waals surface area contributed by atoms with Gasteiger partial charge in [0, 0.05) is 25.8 Å². The maximum absolute atomic E-state index is 11.8. The number of methoxy groups -OCH3 is 1. The highest BCUT2D eigenvalue weighted by molar-refractivity contribution is 7.16. The Morgan fingerprint density at radius 1 is 1.48 bits per heavy atom. The van der Waals surface area contributed by atoms with Crippen LogP contribution in [0.4, 0.5) is 10.5 Å². The third-order valence-electron chi connectivity index (χ3n) is 2.80. The van der Waals surface area contributed by atoms with Crippen molar-refractivity contribution in [2.75, 3.05) is 19.0 Å². The summed E-state index contributed by atoms with van der Waals surface area (Å²) in [7, 11) is 1.48. The van der Waals surface area contributed by atoms with Crippen molar-refractivity contribution in [2.24, 2.45) is 0 Å². The lowest BCUT2D eigenvalue weighted by atomic mass is 10.2. The molecule has 0 spiro atoms. The molecule has 0 saturated heterocycles. The monoisotopic (exact) mass is 309 g/mol. The molecular formula is C13H15N3O4S. The zero-order chi connectivity index (χ0) is 15.2. The first-order valence-corrected chi connectivity index (χ1v) is 7.10. The number of nitrogens with one attached hydrogen (secondary N) is 2. The zero-order valence-corrected chi connectivity index (χ0v) is 12.1. The van der Waals surface area contributed by atoms with Crippen molar-refractivity contribution in [3.05, 3.63) is 23.7 Å². The van der Waals surface area contributed by atoms with Gasteiger partial charge in [0.05, 0.1) is 15.7 Å². The van der Waals surface area contributed by atoms with Gasteiger partial charge in [0.15, 0.2) is 0 Å². The number of thiazole rings is 1. The number of nitrogens with zero attached hydrogens (tertiary/aromatic N) is 1. The molecule has 2 aromatic rings. The Balaban J connectivity index is 1.97. The number of aromatic nitrogens is 1. The minimum Gasteiger partial charge on any atom is -0.480 e. The zero-order valence-electron chi connectivity index (χ0n) is 11.3. The van der Waals surface area contributed by atoms with E-state index in [0.717, 1.165) is 10.2 Å². The summed E-state index contributed by atoms with van der Waals surface area (Å²) in [4.78, 5) is 27.0. The number of urea groups is 1. The van der Waals surface area contributed by atoms with Crippen LogP contribution in [0.3, 0.4) is 0 Å². The molecule has 8 heteroatoms. The summed E-state index contributed by atoms with van der Waals surface area (Å²) in [6.45, 7) is 0.254. The van der Waals surface area contributed by atoms with Gasteiger partial charge in [-0.3, -0.25) is 0 Å². The summed E-state index contributed by atoms with van der Waals surface area (Å²) >= 11 is 1.47. The molecule has 2 rings (SSSR count). The van der Waals surface area contributed by atoms with Crippen molar-refractivity contribution >= 4 is 39.2 Å². The van der Waals surface area contributed by atoms with Crippen molar-refractivity contribution in [1.82, 2.24) is 10.3 Å². The van der Waals surface area contributed by atoms with E-state index >= 15 is 0 Å². The molecule has 3 N–H and O–H groups in total. The average molecular weight is 309 g/mol. The molecule has 112 valence electrons. The number of carbonyl (C=O) groups is 2. The van der Waals surface area contributed by atoms with E-state index in [-0.39, 0.29) is 13.0 Å². The number of ether oxygens (including phenoxy) is 1. The first-order chi connectivity index (χ1) is 10.1. The van der Waals surface area contributed by atoms with E-state index in [0.29, 0.717) is 5.69 Å². The highest BCUT2D eigenvalue weighted by Gasteiger charge is 2.19. The van der Waals surface area contributed by atoms with Crippen LogP contribution in [0.15, 0.2) is 23.7 Å². The summed E-state index contributed by atoms with van der Waals surface area (Å²) in [5.41, 5.74) is 3.16. The van der Waals surface area contributed by atoms with Crippen LogP contribution in [0.25, 0.3) is 10.2 Å². The fourth-order valence-electron chi connectivity index (χ4n) is 1.75. The van der Waals surface area contributed by atoms with Gasteiger partial charge in [-0.15, -0.1) is 11.3 Å². The van der Waals surface area contributed by atoms with Crippen LogP contribution in [0, 0.1) is 0 Å². The van der Waals surface area contributed by atoms with Crippen LogP contribution in [-0.2, 0) is 9.53 Å². The Kier molecular flexibility index (Phi) is 5.07. The van der Waals surface area contributed by atoms with Gasteiger partial charge >= 0.3 is 12.0 Å². The smallest absolute Gasteiger partial charge is 0.326 e. The van der Waals surface area contributed by atoms with E-state index in [1.807, 2.05) is 0 Å². The van der Waals surface area contributed by atoms with Crippen molar-refractivity contribution in [3.63, 3.8) is 0 Å². The fraction of sp³-hybridized carbons (Fsp3) is 0.308. The standard InChI is InChI=1S/C13H15N3O4S/c1-20-5-4-10(12(17)18)16-13(19)15-8-2-3-9-11(6-8)21-7-14-9/h2-3,6-7,10H,4-5H2,1H3,(H,17,18)(H2,15,16,19). The van der Waals surface area contributed by atoms with E-state index in [9.17, 15) is 9.59 Å². The van der Waals surface area contributed by atoms with Gasteiger partial charge < -0.3 is 20.5 Å². The number of benzene rings is 1. The quantitative estimate of drug-likeness (QED) is 0.756. The van der Waals surface area contributed by atoms with Crippen LogP contribution < -0.4 is 10.6 Å². The highest BCUT2D eigenvalue weighted by atomic mass is 32.1. The van der Waals surface area contributed by atoms with Gasteiger partial charge in [-0.05, 0) is 18.2 Å². The van der Waals surface area contributed by atoms with Gasteiger partial charge in [0.1, 0.15) is 6.04 Å². The number of hydrogen-bond donors (Lipinski definition) is 3. The van der Waals surface area contributed by atoms with E-state index in [1.165, 1.54) is 18.4 Å². The molecule has 2 amide bonds. The third-order valence-corrected chi connectivity index (χ3v) is 3.59. The highest BCUT2D eigenvalue weighted by Crippen LogP contribution is 2.21. The number of aliphatic carboxylic acids is 1. The minimum atomic E-state index is -1.10. The SMILES string of the molecule is COCCC(NC(=O)Nc1ccc2ncsc2c1)C(=O)O. The van der Waals surface area contributed by atoms with E-state index < -0.39 is 18.0 Å². The van der Waals surface area contributed by atoms with Gasteiger partial charge in [-0.2, -0.15) is 0 Å². The number of carbonyl (C=O) groups excluding carboxylic acids is 1. The molecule has 0 radical (unpaired) electrons. The first-order valence-electron chi connectivity index (χ1n) is 6.22. The molecule has 7 nitrogen and oxygen atoms in total. The molecule has 1 atom stereocenters. The molecule has 0 saturated carbocycles. The van der Waals surface area contributed by atoms with Crippen LogP contribution in [0.2, 0.25) is 0 Å². The summed E-state index contributed by atoms with van der Waals surface area (Å²) in [5.74, 6) is -1.10. The number of rotatable bonds is 6. The summed E-state index contributed by atoms with van der Waals surface area (Å²) in [6.07, 6.45) is 0.202. The molecular weight excluding hydrogens is 294 g/mol. The van der Waals surface area contributed by atoms with Crippen molar-refractivity contribution in [1.29, 1.82) is 0 Å². The second-order valence-electron chi connectivity index (χ2n) is 4.31. The number of carboxylic acid groups (broad SMARTS) is 1. The van der Waals surface area contributed by atoms with Gasteiger partial charge in [-0.25, -0.2) is 14.6 Å². The minimum absolute atomic E-state index is 0.202. The summed E-state index contributed by atoms with van der Waals surface area (Å²) in [5, 5.41) is 14.0. The molecule has 0 bridgehead atoms. The maximum Gasteiger partial charge on any atom is 0.326 e. The van der Waals surface area contributed by atoms with E-state index in [1.54, 1.807) is 23.7 Å². The molecule has 1 aromatic heterocycles. The molecule has 0 aliphatic rings. The maximum atomic E-state index is 11.8. The number of amides is 2. The van der Waals surface area contributed by atoms with Crippen molar-refractivity contribution in [2.45, 2.75) is 12.5 Å². The molecule has 1 unspecified atom stereocenters. The van der Waals surface area contributed by atoms with Gasteiger partial charge in [0.25, 0.3) is 0 Å². The lowest BCUT2D eigenvalue weighted by Crippen LogP contribution is -2.43. The van der Waals surface area contributed by atoms with Crippen LogP contribution >= 0.6 is 11.3 Å². The molecule has 0 aliphatic carbocycles. The van der Waals surface area contributed by atoms with Crippen LogP contribution in [0.1, 0.15) is 6.42 Å². The van der Waals surface area contributed by atoms with E-state index in [2.05, 4.69) is 15.6 Å². The predicted molar refractivity (Wildman–Crippen MR) is 79.7 cm³/mol.